The van der Waals surface area contributed by atoms with Crippen molar-refractivity contribution in [1.29, 1.82) is 0 Å². The summed E-state index contributed by atoms with van der Waals surface area (Å²) in [4.78, 5) is 16.9. The molecule has 3 rings (SSSR count). The fraction of sp³-hybridized carbons (Fsp3) is 0.938. The van der Waals surface area contributed by atoms with Gasteiger partial charge in [-0.05, 0) is 32.7 Å². The molecule has 0 aromatic rings. The molecular formula is C16H28F2N2O. The zero-order valence-electron chi connectivity index (χ0n) is 13.4. The molecule has 0 aromatic carbocycles. The van der Waals surface area contributed by atoms with Crippen LogP contribution in [0.4, 0.5) is 8.78 Å². The van der Waals surface area contributed by atoms with E-state index in [1.54, 1.807) is 0 Å². The van der Waals surface area contributed by atoms with Gasteiger partial charge in [-0.25, -0.2) is 8.78 Å². The van der Waals surface area contributed by atoms with E-state index in [4.69, 9.17) is 0 Å². The van der Waals surface area contributed by atoms with Gasteiger partial charge in [0.1, 0.15) is 0 Å². The van der Waals surface area contributed by atoms with Gasteiger partial charge in [0.25, 0.3) is 0 Å². The standard InChI is InChI=1S/C14H22F2N2O.C2H6/c1-17-8-11-2-3-12(9-17)18(11)13(19)10-4-6-14(15,16)7-5-10;1-2/h10-12H,2-9H2,1H3;1-2H3. The fourth-order valence-electron chi connectivity index (χ4n) is 3.97. The van der Waals surface area contributed by atoms with Gasteiger partial charge in [-0.15, -0.1) is 0 Å². The van der Waals surface area contributed by atoms with E-state index in [2.05, 4.69) is 11.9 Å². The SMILES string of the molecule is CC.CN1CC2CCC(C1)N2C(=O)C1CCC(F)(F)CC1. The second-order valence-electron chi connectivity index (χ2n) is 6.48. The number of likely N-dealkylation sites (tertiary alicyclic amines) is 1. The molecular weight excluding hydrogens is 274 g/mol. The molecule has 0 radical (unpaired) electrons. The number of carbonyl (C=O) groups is 1. The lowest BCUT2D eigenvalue weighted by molar-refractivity contribution is -0.145. The van der Waals surface area contributed by atoms with Gasteiger partial charge >= 0.3 is 0 Å². The van der Waals surface area contributed by atoms with Crippen LogP contribution < -0.4 is 0 Å². The molecule has 21 heavy (non-hydrogen) atoms. The Labute approximate surface area is 126 Å². The van der Waals surface area contributed by atoms with E-state index in [-0.39, 0.29) is 24.7 Å². The van der Waals surface area contributed by atoms with Gasteiger partial charge in [0, 0.05) is 43.9 Å². The van der Waals surface area contributed by atoms with E-state index in [1.807, 2.05) is 18.7 Å². The van der Waals surface area contributed by atoms with Crippen LogP contribution in [0.5, 0.6) is 0 Å². The van der Waals surface area contributed by atoms with Crippen LogP contribution in [0.3, 0.4) is 0 Å². The van der Waals surface area contributed by atoms with Crippen molar-refractivity contribution in [1.82, 2.24) is 9.80 Å². The maximum atomic E-state index is 13.2. The lowest BCUT2D eigenvalue weighted by Crippen LogP contribution is -2.56. The number of rotatable bonds is 1. The summed E-state index contributed by atoms with van der Waals surface area (Å²) in [6, 6.07) is 0.636. The summed E-state index contributed by atoms with van der Waals surface area (Å²) in [7, 11) is 2.09. The largest absolute Gasteiger partial charge is 0.334 e. The summed E-state index contributed by atoms with van der Waals surface area (Å²) in [6.07, 6.45) is 2.63. The Balaban J connectivity index is 0.000000774. The van der Waals surface area contributed by atoms with Crippen LogP contribution in [0.1, 0.15) is 52.4 Å². The first-order valence-corrected chi connectivity index (χ1v) is 8.35. The molecule has 1 amide bonds. The van der Waals surface area contributed by atoms with Crippen molar-refractivity contribution in [2.75, 3.05) is 20.1 Å². The van der Waals surface area contributed by atoms with Gasteiger partial charge in [0.05, 0.1) is 0 Å². The average Bonchev–Trinajstić information content (AvgIpc) is 2.72. The van der Waals surface area contributed by atoms with Crippen molar-refractivity contribution in [2.24, 2.45) is 5.92 Å². The zero-order valence-corrected chi connectivity index (χ0v) is 13.4. The lowest BCUT2D eigenvalue weighted by atomic mass is 9.85. The molecule has 1 aliphatic carbocycles. The van der Waals surface area contributed by atoms with Crippen molar-refractivity contribution in [3.63, 3.8) is 0 Å². The van der Waals surface area contributed by atoms with Gasteiger partial charge in [-0.3, -0.25) is 4.79 Å². The second-order valence-corrected chi connectivity index (χ2v) is 6.48. The molecule has 2 heterocycles. The van der Waals surface area contributed by atoms with Crippen LogP contribution in [0.15, 0.2) is 0 Å². The molecule has 0 aromatic heterocycles. The first-order valence-electron chi connectivity index (χ1n) is 8.35. The van der Waals surface area contributed by atoms with E-state index in [0.29, 0.717) is 24.9 Å². The number of fused-ring (bicyclic) bond motifs is 2. The van der Waals surface area contributed by atoms with E-state index in [9.17, 15) is 13.6 Å². The number of halogens is 2. The van der Waals surface area contributed by atoms with E-state index < -0.39 is 5.92 Å². The highest BCUT2D eigenvalue weighted by molar-refractivity contribution is 5.80. The van der Waals surface area contributed by atoms with Crippen molar-refractivity contribution in [3.05, 3.63) is 0 Å². The summed E-state index contributed by atoms with van der Waals surface area (Å²) in [5.74, 6) is -2.56. The zero-order chi connectivity index (χ0) is 15.6. The first kappa shape index (κ1) is 16.7. The minimum absolute atomic E-state index is 0.119. The fourth-order valence-corrected chi connectivity index (χ4v) is 3.97. The van der Waals surface area contributed by atoms with E-state index in [0.717, 1.165) is 25.9 Å². The van der Waals surface area contributed by atoms with Gasteiger partial charge in [-0.1, -0.05) is 13.8 Å². The minimum Gasteiger partial charge on any atom is -0.334 e. The first-order chi connectivity index (χ1) is 9.96. The minimum atomic E-state index is -2.54. The predicted octanol–water partition coefficient (Wildman–Crippen LogP) is 3.14. The van der Waals surface area contributed by atoms with Gasteiger partial charge in [0.2, 0.25) is 11.8 Å². The molecule has 1 saturated carbocycles. The quantitative estimate of drug-likeness (QED) is 0.743. The summed E-state index contributed by atoms with van der Waals surface area (Å²) in [5, 5.41) is 0. The van der Waals surface area contributed by atoms with Crippen molar-refractivity contribution < 1.29 is 13.6 Å². The highest BCUT2D eigenvalue weighted by Crippen LogP contribution is 2.39. The Morgan fingerprint density at radius 1 is 1.00 bits per heavy atom. The second kappa shape index (κ2) is 6.59. The topological polar surface area (TPSA) is 23.6 Å². The smallest absolute Gasteiger partial charge is 0.248 e. The summed E-state index contributed by atoms with van der Waals surface area (Å²) < 4.78 is 26.3. The van der Waals surface area contributed by atoms with Crippen molar-refractivity contribution in [2.45, 2.75) is 70.4 Å². The molecule has 3 nitrogen and oxygen atoms in total. The number of carbonyl (C=O) groups excluding carboxylic acids is 1. The molecule has 0 N–H and O–H groups in total. The Bertz CT molecular complexity index is 351. The number of nitrogens with zero attached hydrogens (tertiary/aromatic N) is 2. The number of hydrogen-bond donors (Lipinski definition) is 0. The van der Waals surface area contributed by atoms with Crippen molar-refractivity contribution in [3.8, 4) is 0 Å². The predicted molar refractivity (Wildman–Crippen MR) is 79.4 cm³/mol. The third-order valence-electron chi connectivity index (χ3n) is 4.99. The van der Waals surface area contributed by atoms with Gasteiger partial charge < -0.3 is 9.80 Å². The number of likely N-dealkylation sites (N-methyl/N-ethyl adjacent to an activating group) is 1. The molecule has 0 spiro atoms. The summed E-state index contributed by atoms with van der Waals surface area (Å²) >= 11 is 0. The number of alkyl halides is 2. The van der Waals surface area contributed by atoms with Crippen molar-refractivity contribution >= 4 is 5.91 Å². The third-order valence-corrected chi connectivity index (χ3v) is 4.99. The van der Waals surface area contributed by atoms with Crippen LogP contribution in [-0.4, -0.2) is 53.9 Å². The monoisotopic (exact) mass is 302 g/mol. The molecule has 5 heteroatoms. The number of piperazine rings is 1. The van der Waals surface area contributed by atoms with Crippen LogP contribution in [0.2, 0.25) is 0 Å². The molecule has 2 saturated heterocycles. The number of hydrogen-bond acceptors (Lipinski definition) is 2. The highest BCUT2D eigenvalue weighted by Gasteiger charge is 2.45. The summed E-state index contributed by atoms with van der Waals surface area (Å²) in [6.45, 7) is 5.87. The van der Waals surface area contributed by atoms with Crippen LogP contribution in [-0.2, 0) is 4.79 Å². The average molecular weight is 302 g/mol. The molecule has 122 valence electrons. The molecule has 2 unspecified atom stereocenters. The molecule has 3 fully saturated rings. The normalized spacial score (nSPS) is 32.5. The van der Waals surface area contributed by atoms with E-state index in [1.165, 1.54) is 0 Å². The molecule has 2 aliphatic heterocycles. The maximum absolute atomic E-state index is 13.2. The third kappa shape index (κ3) is 3.55. The Morgan fingerprint density at radius 2 is 1.48 bits per heavy atom. The van der Waals surface area contributed by atoms with Crippen LogP contribution in [0.25, 0.3) is 0 Å². The van der Waals surface area contributed by atoms with E-state index >= 15 is 0 Å². The highest BCUT2D eigenvalue weighted by atomic mass is 19.3. The lowest BCUT2D eigenvalue weighted by Gasteiger charge is -2.42. The Hall–Kier alpha value is -0.710. The van der Waals surface area contributed by atoms with Crippen LogP contribution in [0, 0.1) is 5.92 Å². The Morgan fingerprint density at radius 3 is 1.95 bits per heavy atom. The Kier molecular flexibility index (Phi) is 5.23. The van der Waals surface area contributed by atoms with Gasteiger partial charge in [0.15, 0.2) is 0 Å². The van der Waals surface area contributed by atoms with Gasteiger partial charge in [-0.2, -0.15) is 0 Å². The van der Waals surface area contributed by atoms with Crippen LogP contribution >= 0.6 is 0 Å². The maximum Gasteiger partial charge on any atom is 0.248 e. The molecule has 2 atom stereocenters. The molecule has 2 bridgehead atoms. The summed E-state index contributed by atoms with van der Waals surface area (Å²) in [5.41, 5.74) is 0. The molecule has 3 aliphatic rings. The number of amides is 1.